The van der Waals surface area contributed by atoms with Crippen LogP contribution in [-0.2, 0) is 70.0 Å². The summed E-state index contributed by atoms with van der Waals surface area (Å²) in [6.45, 7) is 1.65. The number of carbonyl (C=O) groups is 11. The van der Waals surface area contributed by atoms with Gasteiger partial charge in [-0.1, -0.05) is 27.2 Å². The number of hydrogen-bond donors (Lipinski definition) is 10. The zero-order chi connectivity index (χ0) is 53.4. The molecule has 1 fully saturated rings. The number of aromatic nitrogens is 1. The Hall–Kier alpha value is -6.90. The molecule has 1 aromatic heterocycles. The number of ketones is 2. The molecule has 26 heteroatoms. The summed E-state index contributed by atoms with van der Waals surface area (Å²) in [5.74, 6) is -14.9. The Kier molecular flexibility index (Phi) is 18.4. The van der Waals surface area contributed by atoms with Crippen molar-refractivity contribution in [3.63, 3.8) is 0 Å². The Morgan fingerprint density at radius 1 is 0.877 bits per heavy atom. The third-order valence-electron chi connectivity index (χ3n) is 13.7. The summed E-state index contributed by atoms with van der Waals surface area (Å²) in [5.41, 5.74) is 5.89. The molecule has 10 unspecified atom stereocenters. The minimum Gasteiger partial charge on any atom is -0.492 e. The Bertz CT molecular complexity index is 2580. The third-order valence-corrected chi connectivity index (χ3v) is 15.1. The topological polar surface area (TPSA) is 383 Å². The number of rotatable bonds is 11. The van der Waals surface area contributed by atoms with Crippen LogP contribution in [0.25, 0.3) is 10.9 Å². The second-order valence-electron chi connectivity index (χ2n) is 18.7. The van der Waals surface area contributed by atoms with Gasteiger partial charge in [0.05, 0.1) is 78.5 Å². The van der Waals surface area contributed by atoms with E-state index in [2.05, 4.69) is 31.6 Å². The maximum Gasteiger partial charge on any atom is 0.253 e. The van der Waals surface area contributed by atoms with Gasteiger partial charge in [0, 0.05) is 68.2 Å². The van der Waals surface area contributed by atoms with Crippen molar-refractivity contribution < 1.29 is 77.0 Å². The van der Waals surface area contributed by atoms with E-state index in [0.29, 0.717) is 6.42 Å². The van der Waals surface area contributed by atoms with Gasteiger partial charge >= 0.3 is 0 Å². The zero-order valence-corrected chi connectivity index (χ0v) is 41.2. The number of hydrogen-bond acceptors (Lipinski definition) is 16. The lowest BCUT2D eigenvalue weighted by Crippen LogP contribution is -2.56. The molecule has 2 aromatic rings. The molecule has 9 amide bonds. The Labute approximate surface area is 420 Å². The van der Waals surface area contributed by atoms with Crippen molar-refractivity contribution in [1.29, 1.82) is 0 Å². The number of H-pyrrole nitrogens is 1. The van der Waals surface area contributed by atoms with Crippen LogP contribution in [0.2, 0.25) is 0 Å². The smallest absolute Gasteiger partial charge is 0.253 e. The largest absolute Gasteiger partial charge is 0.492 e. The number of aliphatic hydroxyl groups is 3. The van der Waals surface area contributed by atoms with Crippen molar-refractivity contribution in [3.05, 3.63) is 35.9 Å². The number of nitrogens with one attached hydrogen (secondary N) is 6. The number of benzene rings is 1. The third kappa shape index (κ3) is 13.4. The molecule has 0 aliphatic carbocycles. The van der Waals surface area contributed by atoms with Gasteiger partial charge in [-0.05, 0) is 29.5 Å². The van der Waals surface area contributed by atoms with Crippen molar-refractivity contribution >= 4 is 86.4 Å². The molecule has 0 radical (unpaired) electrons. The van der Waals surface area contributed by atoms with Crippen LogP contribution in [0.1, 0.15) is 58.4 Å². The van der Waals surface area contributed by atoms with Gasteiger partial charge in [-0.25, -0.2) is 0 Å². The van der Waals surface area contributed by atoms with E-state index in [1.165, 1.54) is 25.1 Å². The van der Waals surface area contributed by atoms with E-state index < -0.39 is 193 Å². The van der Waals surface area contributed by atoms with Gasteiger partial charge in [-0.15, -0.1) is 0 Å². The van der Waals surface area contributed by atoms with E-state index >= 15 is 0 Å². The molecule has 1 saturated heterocycles. The minimum absolute atomic E-state index is 0.0985. The van der Waals surface area contributed by atoms with E-state index in [1.807, 2.05) is 0 Å². The number of Topliss-reactive ketones (excluding diaryl/α,β-unsaturated/α-hetero) is 2. The number of fused-ring (bicyclic) bond motifs is 5. The van der Waals surface area contributed by atoms with Gasteiger partial charge in [0.25, 0.3) is 11.8 Å². The van der Waals surface area contributed by atoms with Gasteiger partial charge in [-0.2, -0.15) is 0 Å². The monoisotopic (exact) mass is 1040 g/mol. The lowest BCUT2D eigenvalue weighted by atomic mass is 9.83. The van der Waals surface area contributed by atoms with Gasteiger partial charge in [0.15, 0.2) is 11.6 Å². The van der Waals surface area contributed by atoms with Gasteiger partial charge in [-0.3, -0.25) is 61.8 Å². The second kappa shape index (κ2) is 24.2. The number of amides is 9. The molecule has 11 N–H and O–H groups in total. The molecule has 0 saturated carbocycles. The van der Waals surface area contributed by atoms with E-state index in [4.69, 9.17) is 10.5 Å². The average molecular weight is 1040 g/mol. The van der Waals surface area contributed by atoms with Crippen molar-refractivity contribution in [2.45, 2.75) is 101 Å². The summed E-state index contributed by atoms with van der Waals surface area (Å²) >= 11 is 0. The van der Waals surface area contributed by atoms with Crippen LogP contribution in [0.4, 0.5) is 0 Å². The van der Waals surface area contributed by atoms with Crippen LogP contribution in [-0.4, -0.2) is 181 Å². The number of nitrogens with zero attached hydrogens (tertiary/aromatic N) is 2. The summed E-state index contributed by atoms with van der Waals surface area (Å²) in [5, 5.41) is 44.4. The van der Waals surface area contributed by atoms with Crippen LogP contribution >= 0.6 is 0 Å². The highest BCUT2D eigenvalue weighted by Crippen LogP contribution is 2.32. The van der Waals surface area contributed by atoms with Crippen LogP contribution in [0.3, 0.4) is 0 Å². The molecular weight excluding hydrogens is 979 g/mol. The molecule has 5 heterocycles. The van der Waals surface area contributed by atoms with Gasteiger partial charge in [0.1, 0.15) is 29.5 Å². The first-order valence-electron chi connectivity index (χ1n) is 23.8. The fraction of sp³-hybridized carbons (Fsp3) is 0.553. The quantitative estimate of drug-likeness (QED) is 0.0956. The molecule has 4 aliphatic rings. The van der Waals surface area contributed by atoms with Crippen molar-refractivity contribution in [2.24, 2.45) is 29.4 Å². The fourth-order valence-electron chi connectivity index (χ4n) is 9.26. The standard InChI is InChI=1S/C47H61N9O16S/c1-4-22(2)42-45(69)50-17-38(63)51-32-21-73(71)46-29(27-6-5-26(14-30(27)53-46)72-10-9-55-40(65)7-8-41(55)66)15-31(44(68)49-18-39(64)54-42)52-43(67)28(23(3)36(61)20-57)16-35(60)33-13-25(58)19-56(33)47(70)24(11-34(32)59)12-37(48)62/h5-8,14,22-25,28,31-33,36,42,53,57-58,61H,4,9-13,15-21H2,1-3H3,(H2,48,62)(H,49,68)(H,50,69)(H,51,63)(H,52,67)(H,54,64)/t22?,23?,24?,25-,28?,31?,32?,33?,36?,42?,73?/m1/s1. The Morgan fingerprint density at radius 3 is 2.21 bits per heavy atom. The number of aromatic amines is 1. The predicted molar refractivity (Wildman–Crippen MR) is 254 cm³/mol. The highest BCUT2D eigenvalue weighted by molar-refractivity contribution is 7.85. The summed E-state index contributed by atoms with van der Waals surface area (Å²) < 4.78 is 20.8. The normalized spacial score (nSPS) is 27.6. The van der Waals surface area contributed by atoms with Gasteiger partial charge < -0.3 is 62.3 Å². The van der Waals surface area contributed by atoms with Crippen LogP contribution in [0.5, 0.6) is 5.75 Å². The Balaban J connectivity index is 1.52. The number of carbonyl (C=O) groups excluding carboxylic acids is 11. The van der Waals surface area contributed by atoms with E-state index in [0.717, 1.165) is 22.0 Å². The van der Waals surface area contributed by atoms with Crippen molar-refractivity contribution in [2.75, 3.05) is 45.1 Å². The second-order valence-corrected chi connectivity index (χ2v) is 20.2. The minimum atomic E-state index is -2.39. The number of primary amides is 1. The highest BCUT2D eigenvalue weighted by atomic mass is 32.2. The molecule has 11 atom stereocenters. The van der Waals surface area contributed by atoms with E-state index in [1.54, 1.807) is 13.8 Å². The first kappa shape index (κ1) is 55.4. The fourth-order valence-corrected chi connectivity index (χ4v) is 10.7. The molecule has 0 spiro atoms. The molecule has 6 rings (SSSR count). The summed E-state index contributed by atoms with van der Waals surface area (Å²) in [6, 6.07) is -1.66. The summed E-state index contributed by atoms with van der Waals surface area (Å²) in [6.07, 6.45) is -3.50. The number of aliphatic hydroxyl groups excluding tert-OH is 3. The zero-order valence-electron chi connectivity index (χ0n) is 40.4. The molecule has 1 aromatic carbocycles. The van der Waals surface area contributed by atoms with Crippen LogP contribution in [0, 0.1) is 23.7 Å². The maximum atomic E-state index is 14.9. The molecule has 4 aliphatic heterocycles. The van der Waals surface area contributed by atoms with Crippen molar-refractivity contribution in [1.82, 2.24) is 41.4 Å². The molecular formula is C47H61N9O16S. The molecule has 25 nitrogen and oxygen atoms in total. The highest BCUT2D eigenvalue weighted by Gasteiger charge is 2.45. The Morgan fingerprint density at radius 2 is 1.55 bits per heavy atom. The lowest BCUT2D eigenvalue weighted by molar-refractivity contribution is -0.145. The predicted octanol–water partition coefficient (Wildman–Crippen LogP) is -4.14. The number of nitrogens with two attached hydrogens (primary N) is 1. The van der Waals surface area contributed by atoms with Gasteiger partial charge in [0.2, 0.25) is 41.4 Å². The molecule has 2 bridgehead atoms. The molecule has 396 valence electrons. The average Bonchev–Trinajstić information content (AvgIpc) is 4.03. The van der Waals surface area contributed by atoms with Crippen LogP contribution < -0.4 is 37.1 Å². The maximum absolute atomic E-state index is 14.9. The number of imide groups is 1. The summed E-state index contributed by atoms with van der Waals surface area (Å²) in [4.78, 5) is 155. The lowest BCUT2D eigenvalue weighted by Gasteiger charge is -2.31. The van der Waals surface area contributed by atoms with E-state index in [-0.39, 0.29) is 46.8 Å². The first-order valence-corrected chi connectivity index (χ1v) is 25.2. The first-order chi connectivity index (χ1) is 34.6. The SMILES string of the molecule is CCC(C)C1NC(=O)CNC(=O)C2Cc3c([nH]c4cc(OCCN5C(=O)C=CC5=O)ccc34)S(=O)CC(NC(=O)CNC1=O)C(=O)CC(CC(N)=O)C(=O)N1C[C@H](O)CC1C(=O)CC(C(C)C(O)CO)C(=O)N2. The number of ether oxygens (including phenoxy) is 1. The summed E-state index contributed by atoms with van der Waals surface area (Å²) in [7, 11) is -2.39. The van der Waals surface area contributed by atoms with Crippen molar-refractivity contribution in [3.8, 4) is 5.75 Å². The van der Waals surface area contributed by atoms with Crippen LogP contribution in [0.15, 0.2) is 35.4 Å². The van der Waals surface area contributed by atoms with E-state index in [9.17, 15) is 72.3 Å². The molecule has 73 heavy (non-hydrogen) atoms.